The number of piperidine rings is 1. The Morgan fingerprint density at radius 2 is 2.37 bits per heavy atom. The fraction of sp³-hybridized carbons (Fsp3) is 0.692. The van der Waals surface area contributed by atoms with Crippen molar-refractivity contribution >= 4 is 17.7 Å². The van der Waals surface area contributed by atoms with E-state index in [1.807, 2.05) is 6.92 Å². The van der Waals surface area contributed by atoms with Crippen LogP contribution in [0.15, 0.2) is 11.4 Å². The second kappa shape index (κ2) is 5.96. The topological polar surface area (TPSA) is 58.4 Å². The van der Waals surface area contributed by atoms with Gasteiger partial charge in [-0.3, -0.25) is 4.79 Å². The molecule has 1 fully saturated rings. The van der Waals surface area contributed by atoms with Gasteiger partial charge in [-0.15, -0.1) is 0 Å². The lowest BCUT2D eigenvalue weighted by molar-refractivity contribution is -0.133. The molecule has 6 heteroatoms. The van der Waals surface area contributed by atoms with E-state index in [1.54, 1.807) is 0 Å². The van der Waals surface area contributed by atoms with E-state index in [0.29, 0.717) is 12.0 Å². The van der Waals surface area contributed by atoms with Gasteiger partial charge in [0.2, 0.25) is 0 Å². The minimum absolute atomic E-state index is 0.0669. The van der Waals surface area contributed by atoms with Crippen molar-refractivity contribution < 1.29 is 9.90 Å². The number of thioether (sulfide) groups is 1. The number of carboxylic acids is 1. The Bertz CT molecular complexity index is 461. The van der Waals surface area contributed by atoms with Crippen LogP contribution in [-0.2, 0) is 4.79 Å². The number of likely N-dealkylation sites (tertiary alicyclic amines) is 1. The maximum atomic E-state index is 10.7. The second-order valence-corrected chi connectivity index (χ2v) is 6.29. The molecule has 0 radical (unpaired) electrons. The van der Waals surface area contributed by atoms with Gasteiger partial charge in [-0.1, -0.05) is 18.7 Å². The Hall–Kier alpha value is -1.01. The molecule has 2 heterocycles. The fourth-order valence-electron chi connectivity index (χ4n) is 2.72. The molecule has 1 saturated heterocycles. The number of hydrogen-bond donors (Lipinski definition) is 1. The molecule has 0 amide bonds. The van der Waals surface area contributed by atoms with Crippen LogP contribution < -0.4 is 0 Å². The van der Waals surface area contributed by atoms with Crippen molar-refractivity contribution in [2.75, 3.05) is 25.9 Å². The van der Waals surface area contributed by atoms with E-state index in [1.165, 1.54) is 11.8 Å². The molecule has 1 aromatic heterocycles. The van der Waals surface area contributed by atoms with Gasteiger partial charge in [0.15, 0.2) is 5.16 Å². The summed E-state index contributed by atoms with van der Waals surface area (Å²) in [5, 5.41) is 9.64. The minimum Gasteiger partial charge on any atom is -0.481 e. The lowest BCUT2D eigenvalue weighted by atomic mass is 9.94. The van der Waals surface area contributed by atoms with Crippen LogP contribution in [0.25, 0.3) is 0 Å². The molecule has 1 N–H and O–H groups in total. The first-order valence-corrected chi connectivity index (χ1v) is 7.54. The second-order valence-electron chi connectivity index (χ2n) is 5.35. The maximum absolute atomic E-state index is 10.7. The molecule has 106 valence electrons. The van der Waals surface area contributed by atoms with Gasteiger partial charge >= 0.3 is 5.97 Å². The number of aryl methyl sites for hydroxylation is 1. The van der Waals surface area contributed by atoms with Crippen molar-refractivity contribution in [2.45, 2.75) is 31.5 Å². The number of aromatic nitrogens is 2. The van der Waals surface area contributed by atoms with Gasteiger partial charge in [-0.05, 0) is 32.9 Å². The first-order valence-electron chi connectivity index (χ1n) is 6.56. The lowest BCUT2D eigenvalue weighted by Gasteiger charge is -2.36. The third-order valence-electron chi connectivity index (χ3n) is 3.56. The van der Waals surface area contributed by atoms with Crippen LogP contribution in [0.3, 0.4) is 0 Å². The van der Waals surface area contributed by atoms with Crippen LogP contribution in [0.2, 0.25) is 0 Å². The van der Waals surface area contributed by atoms with Crippen molar-refractivity contribution in [3.8, 4) is 0 Å². The van der Waals surface area contributed by atoms with Crippen molar-refractivity contribution in [1.82, 2.24) is 14.5 Å². The van der Waals surface area contributed by atoms with Gasteiger partial charge in [-0.25, -0.2) is 4.98 Å². The van der Waals surface area contributed by atoms with E-state index in [4.69, 9.17) is 5.11 Å². The molecule has 2 atom stereocenters. The lowest BCUT2D eigenvalue weighted by Crippen LogP contribution is -2.37. The van der Waals surface area contributed by atoms with E-state index in [-0.39, 0.29) is 5.75 Å². The zero-order valence-electron chi connectivity index (χ0n) is 11.7. The van der Waals surface area contributed by atoms with Crippen LogP contribution in [0.5, 0.6) is 0 Å². The maximum Gasteiger partial charge on any atom is 0.313 e. The van der Waals surface area contributed by atoms with Crippen molar-refractivity contribution in [1.29, 1.82) is 0 Å². The van der Waals surface area contributed by atoms with Gasteiger partial charge in [-0.2, -0.15) is 0 Å². The normalized spacial score (nSPS) is 24.6. The highest BCUT2D eigenvalue weighted by Gasteiger charge is 2.27. The first-order chi connectivity index (χ1) is 8.97. The quantitative estimate of drug-likeness (QED) is 0.855. The summed E-state index contributed by atoms with van der Waals surface area (Å²) in [4.78, 5) is 17.5. The molecule has 5 nitrogen and oxygen atoms in total. The Morgan fingerprint density at radius 3 is 3.00 bits per heavy atom. The minimum atomic E-state index is -0.798. The standard InChI is InChI=1S/C13H21N3O2S/c1-9-6-15(3)5-4-11(9)16-7-10(2)14-13(16)19-8-12(17)18/h7,9,11H,4-6,8H2,1-3H3,(H,17,18). The molecule has 19 heavy (non-hydrogen) atoms. The summed E-state index contributed by atoms with van der Waals surface area (Å²) in [7, 11) is 2.14. The van der Waals surface area contributed by atoms with Crippen molar-refractivity contribution in [2.24, 2.45) is 5.92 Å². The highest BCUT2D eigenvalue weighted by Crippen LogP contribution is 2.31. The number of aliphatic carboxylic acids is 1. The van der Waals surface area contributed by atoms with Crippen LogP contribution in [-0.4, -0.2) is 51.4 Å². The molecule has 0 bridgehead atoms. The zero-order chi connectivity index (χ0) is 14.0. The first kappa shape index (κ1) is 14.4. The average molecular weight is 283 g/mol. The number of carboxylic acid groups (broad SMARTS) is 1. The predicted octanol–water partition coefficient (Wildman–Crippen LogP) is 1.88. The monoisotopic (exact) mass is 283 g/mol. The molecule has 1 aromatic rings. The highest BCUT2D eigenvalue weighted by atomic mass is 32.2. The summed E-state index contributed by atoms with van der Waals surface area (Å²) in [5.74, 6) is -0.178. The van der Waals surface area contributed by atoms with E-state index in [0.717, 1.165) is 30.4 Å². The molecular formula is C13H21N3O2S. The number of hydrogen-bond acceptors (Lipinski definition) is 4. The van der Waals surface area contributed by atoms with E-state index >= 15 is 0 Å². The number of carbonyl (C=O) groups is 1. The average Bonchev–Trinajstić information content (AvgIpc) is 2.67. The number of imidazole rings is 1. The zero-order valence-corrected chi connectivity index (χ0v) is 12.5. The van der Waals surface area contributed by atoms with Crippen LogP contribution >= 0.6 is 11.8 Å². The predicted molar refractivity (Wildman–Crippen MR) is 75.6 cm³/mol. The molecule has 0 saturated carbocycles. The molecule has 0 aliphatic carbocycles. The molecule has 2 rings (SSSR count). The smallest absolute Gasteiger partial charge is 0.313 e. The van der Waals surface area contributed by atoms with Crippen LogP contribution in [0.1, 0.15) is 25.1 Å². The van der Waals surface area contributed by atoms with Gasteiger partial charge in [0.05, 0.1) is 11.4 Å². The summed E-state index contributed by atoms with van der Waals surface area (Å²) in [6.45, 7) is 6.36. The van der Waals surface area contributed by atoms with E-state index in [9.17, 15) is 4.79 Å². The summed E-state index contributed by atoms with van der Waals surface area (Å²) in [6.07, 6.45) is 3.14. The SMILES string of the molecule is Cc1cn(C2CCN(C)CC2C)c(SCC(=O)O)n1. The van der Waals surface area contributed by atoms with Gasteiger partial charge in [0, 0.05) is 18.8 Å². The molecule has 1 aliphatic heterocycles. The van der Waals surface area contributed by atoms with Gasteiger partial charge in [0.25, 0.3) is 0 Å². The molecule has 2 unspecified atom stereocenters. The van der Waals surface area contributed by atoms with E-state index in [2.05, 4.69) is 34.6 Å². The van der Waals surface area contributed by atoms with Gasteiger partial charge < -0.3 is 14.6 Å². The Morgan fingerprint density at radius 1 is 1.63 bits per heavy atom. The highest BCUT2D eigenvalue weighted by molar-refractivity contribution is 7.99. The van der Waals surface area contributed by atoms with Crippen LogP contribution in [0, 0.1) is 12.8 Å². The Labute approximate surface area is 118 Å². The summed E-state index contributed by atoms with van der Waals surface area (Å²) in [6, 6.07) is 0.425. The summed E-state index contributed by atoms with van der Waals surface area (Å²) < 4.78 is 2.18. The third kappa shape index (κ3) is 3.51. The fourth-order valence-corrected chi connectivity index (χ4v) is 3.52. The van der Waals surface area contributed by atoms with Crippen LogP contribution in [0.4, 0.5) is 0 Å². The Balaban J connectivity index is 2.16. The molecule has 0 aromatic carbocycles. The Kier molecular flexibility index (Phi) is 4.52. The number of rotatable bonds is 4. The van der Waals surface area contributed by atoms with Crippen molar-refractivity contribution in [3.63, 3.8) is 0 Å². The molecular weight excluding hydrogens is 262 g/mol. The van der Waals surface area contributed by atoms with Gasteiger partial charge in [0.1, 0.15) is 0 Å². The molecule has 0 spiro atoms. The molecule has 1 aliphatic rings. The van der Waals surface area contributed by atoms with Crippen molar-refractivity contribution in [3.05, 3.63) is 11.9 Å². The third-order valence-corrected chi connectivity index (χ3v) is 4.52. The largest absolute Gasteiger partial charge is 0.481 e. The number of nitrogens with zero attached hydrogens (tertiary/aromatic N) is 3. The van der Waals surface area contributed by atoms with E-state index < -0.39 is 5.97 Å². The summed E-state index contributed by atoms with van der Waals surface area (Å²) in [5.41, 5.74) is 0.957. The summed E-state index contributed by atoms with van der Waals surface area (Å²) >= 11 is 1.31.